The van der Waals surface area contributed by atoms with Gasteiger partial charge in [-0.1, -0.05) is 40.0 Å². The van der Waals surface area contributed by atoms with E-state index < -0.39 is 0 Å². The molecule has 1 saturated carbocycles. The average molecular weight is 285 g/mol. The number of hydrogen-bond acceptors (Lipinski definition) is 3. The van der Waals surface area contributed by atoms with Crippen molar-refractivity contribution in [3.05, 3.63) is 0 Å². The standard InChI is InChI=1S/C16H32N2S/c1-4-14(3)15-12-18(10-11-19-5-2)16(13-17-15)8-6-7-9-16/h14-15,17H,4-13H2,1-3H3. The lowest BCUT2D eigenvalue weighted by Crippen LogP contribution is -2.65. The monoisotopic (exact) mass is 284 g/mol. The molecule has 3 heteroatoms. The molecule has 0 aromatic rings. The van der Waals surface area contributed by atoms with Gasteiger partial charge < -0.3 is 5.32 Å². The topological polar surface area (TPSA) is 15.3 Å². The van der Waals surface area contributed by atoms with Gasteiger partial charge in [-0.05, 0) is 24.5 Å². The van der Waals surface area contributed by atoms with Crippen molar-refractivity contribution in [2.45, 2.75) is 64.5 Å². The molecule has 1 aliphatic carbocycles. The van der Waals surface area contributed by atoms with Crippen LogP contribution in [0, 0.1) is 5.92 Å². The van der Waals surface area contributed by atoms with Gasteiger partial charge in [-0.3, -0.25) is 4.90 Å². The summed E-state index contributed by atoms with van der Waals surface area (Å²) in [5.41, 5.74) is 0.512. The Morgan fingerprint density at radius 1 is 1.32 bits per heavy atom. The van der Waals surface area contributed by atoms with E-state index in [1.807, 2.05) is 0 Å². The van der Waals surface area contributed by atoms with E-state index >= 15 is 0 Å². The first kappa shape index (κ1) is 15.7. The molecule has 0 aromatic heterocycles. The van der Waals surface area contributed by atoms with E-state index in [4.69, 9.17) is 0 Å². The molecule has 1 saturated heterocycles. The SMILES string of the molecule is CCSCCN1CC(C(C)CC)NCC12CCCC2. The summed E-state index contributed by atoms with van der Waals surface area (Å²) in [5.74, 6) is 3.37. The van der Waals surface area contributed by atoms with Gasteiger partial charge in [0.25, 0.3) is 0 Å². The molecule has 2 aliphatic rings. The van der Waals surface area contributed by atoms with E-state index in [0.29, 0.717) is 11.6 Å². The Hall–Kier alpha value is 0.270. The number of nitrogens with zero attached hydrogens (tertiary/aromatic N) is 1. The van der Waals surface area contributed by atoms with Crippen molar-refractivity contribution >= 4 is 11.8 Å². The van der Waals surface area contributed by atoms with Crippen LogP contribution in [0.2, 0.25) is 0 Å². The summed E-state index contributed by atoms with van der Waals surface area (Å²) in [7, 11) is 0. The minimum atomic E-state index is 0.512. The summed E-state index contributed by atoms with van der Waals surface area (Å²) in [4.78, 5) is 2.86. The average Bonchev–Trinajstić information content (AvgIpc) is 2.90. The van der Waals surface area contributed by atoms with Crippen molar-refractivity contribution in [2.75, 3.05) is 31.1 Å². The molecule has 2 fully saturated rings. The summed E-state index contributed by atoms with van der Waals surface area (Å²) in [5, 5.41) is 3.87. The molecule has 0 radical (unpaired) electrons. The number of nitrogens with one attached hydrogen (secondary N) is 1. The molecule has 1 aliphatic heterocycles. The van der Waals surface area contributed by atoms with Gasteiger partial charge in [0.05, 0.1) is 0 Å². The van der Waals surface area contributed by atoms with E-state index in [1.54, 1.807) is 0 Å². The van der Waals surface area contributed by atoms with Crippen molar-refractivity contribution < 1.29 is 0 Å². The van der Waals surface area contributed by atoms with E-state index in [9.17, 15) is 0 Å². The van der Waals surface area contributed by atoms with E-state index in [-0.39, 0.29) is 0 Å². The summed E-state index contributed by atoms with van der Waals surface area (Å²) in [6, 6.07) is 0.711. The highest BCUT2D eigenvalue weighted by atomic mass is 32.2. The minimum absolute atomic E-state index is 0.512. The third-order valence-electron chi connectivity index (χ3n) is 5.36. The van der Waals surface area contributed by atoms with E-state index in [1.165, 1.54) is 63.2 Å². The molecule has 0 bridgehead atoms. The largest absolute Gasteiger partial charge is 0.311 e. The van der Waals surface area contributed by atoms with Crippen molar-refractivity contribution in [1.29, 1.82) is 0 Å². The van der Waals surface area contributed by atoms with Crippen LogP contribution in [0.5, 0.6) is 0 Å². The maximum atomic E-state index is 3.87. The number of hydrogen-bond donors (Lipinski definition) is 1. The smallest absolute Gasteiger partial charge is 0.0335 e. The molecular weight excluding hydrogens is 252 g/mol. The quantitative estimate of drug-likeness (QED) is 0.753. The van der Waals surface area contributed by atoms with Gasteiger partial charge in [-0.15, -0.1) is 0 Å². The molecule has 2 unspecified atom stereocenters. The minimum Gasteiger partial charge on any atom is -0.311 e. The highest BCUT2D eigenvalue weighted by Crippen LogP contribution is 2.37. The Kier molecular flexibility index (Phi) is 6.04. The van der Waals surface area contributed by atoms with E-state index in [2.05, 4.69) is 42.7 Å². The van der Waals surface area contributed by atoms with Crippen LogP contribution in [0.25, 0.3) is 0 Å². The normalized spacial score (nSPS) is 28.9. The lowest BCUT2D eigenvalue weighted by molar-refractivity contribution is 0.0365. The number of rotatable bonds is 6. The number of piperazine rings is 1. The molecule has 0 aromatic carbocycles. The fourth-order valence-corrected chi connectivity index (χ4v) is 4.41. The zero-order valence-corrected chi connectivity index (χ0v) is 13.9. The van der Waals surface area contributed by atoms with Gasteiger partial charge in [0.15, 0.2) is 0 Å². The molecule has 1 N–H and O–H groups in total. The van der Waals surface area contributed by atoms with Crippen molar-refractivity contribution in [1.82, 2.24) is 10.2 Å². The van der Waals surface area contributed by atoms with Gasteiger partial charge in [0.2, 0.25) is 0 Å². The van der Waals surface area contributed by atoms with Crippen molar-refractivity contribution in [3.63, 3.8) is 0 Å². The second kappa shape index (κ2) is 7.33. The predicted molar refractivity (Wildman–Crippen MR) is 87.0 cm³/mol. The third-order valence-corrected chi connectivity index (χ3v) is 6.24. The zero-order chi connectivity index (χ0) is 13.7. The highest BCUT2D eigenvalue weighted by Gasteiger charge is 2.43. The van der Waals surface area contributed by atoms with Crippen molar-refractivity contribution in [2.24, 2.45) is 5.92 Å². The zero-order valence-electron chi connectivity index (χ0n) is 13.1. The molecule has 2 atom stereocenters. The Labute approximate surface area is 124 Å². The first-order valence-electron chi connectivity index (χ1n) is 8.28. The van der Waals surface area contributed by atoms with Crippen LogP contribution in [-0.2, 0) is 0 Å². The van der Waals surface area contributed by atoms with Gasteiger partial charge >= 0.3 is 0 Å². The Morgan fingerprint density at radius 3 is 2.68 bits per heavy atom. The summed E-state index contributed by atoms with van der Waals surface area (Å²) < 4.78 is 0. The highest BCUT2D eigenvalue weighted by molar-refractivity contribution is 7.99. The molecule has 1 spiro atoms. The van der Waals surface area contributed by atoms with Crippen LogP contribution in [-0.4, -0.2) is 47.6 Å². The summed E-state index contributed by atoms with van der Waals surface area (Å²) in [6.07, 6.45) is 7.01. The molecule has 112 valence electrons. The van der Waals surface area contributed by atoms with Gasteiger partial charge in [-0.2, -0.15) is 11.8 Å². The summed E-state index contributed by atoms with van der Waals surface area (Å²) in [6.45, 7) is 10.8. The van der Waals surface area contributed by atoms with Crippen LogP contribution in [0.3, 0.4) is 0 Å². The van der Waals surface area contributed by atoms with E-state index in [0.717, 1.165) is 5.92 Å². The molecular formula is C16H32N2S. The molecule has 2 rings (SSSR count). The fourth-order valence-electron chi connectivity index (χ4n) is 3.77. The Bertz CT molecular complexity index is 263. The lowest BCUT2D eigenvalue weighted by atomic mass is 9.87. The first-order chi connectivity index (χ1) is 9.22. The predicted octanol–water partition coefficient (Wildman–Crippen LogP) is 3.37. The van der Waals surface area contributed by atoms with Crippen LogP contribution < -0.4 is 5.32 Å². The van der Waals surface area contributed by atoms with Gasteiger partial charge in [0.1, 0.15) is 0 Å². The molecule has 0 amide bonds. The maximum absolute atomic E-state index is 3.87. The maximum Gasteiger partial charge on any atom is 0.0335 e. The lowest BCUT2D eigenvalue weighted by Gasteiger charge is -2.49. The summed E-state index contributed by atoms with van der Waals surface area (Å²) >= 11 is 2.10. The second-order valence-electron chi connectivity index (χ2n) is 6.45. The van der Waals surface area contributed by atoms with Gasteiger partial charge in [0, 0.05) is 37.0 Å². The molecule has 2 nitrogen and oxygen atoms in total. The van der Waals surface area contributed by atoms with Crippen LogP contribution in [0.15, 0.2) is 0 Å². The Balaban J connectivity index is 1.97. The third kappa shape index (κ3) is 3.68. The van der Waals surface area contributed by atoms with Crippen LogP contribution in [0.1, 0.15) is 52.9 Å². The van der Waals surface area contributed by atoms with Crippen molar-refractivity contribution in [3.8, 4) is 0 Å². The molecule has 19 heavy (non-hydrogen) atoms. The van der Waals surface area contributed by atoms with Crippen LogP contribution >= 0.6 is 11.8 Å². The second-order valence-corrected chi connectivity index (χ2v) is 7.84. The fraction of sp³-hybridized carbons (Fsp3) is 1.00. The van der Waals surface area contributed by atoms with Crippen LogP contribution in [0.4, 0.5) is 0 Å². The van der Waals surface area contributed by atoms with Gasteiger partial charge in [-0.25, -0.2) is 0 Å². The Morgan fingerprint density at radius 2 is 2.05 bits per heavy atom. The first-order valence-corrected chi connectivity index (χ1v) is 9.43. The number of thioether (sulfide) groups is 1. The molecule has 1 heterocycles.